The lowest BCUT2D eigenvalue weighted by molar-refractivity contribution is -0.137. The lowest BCUT2D eigenvalue weighted by Crippen LogP contribution is -2.39. The van der Waals surface area contributed by atoms with Crippen LogP contribution in [0.4, 0.5) is 13.2 Å². The molecule has 170 valence electrons. The Bertz CT molecular complexity index is 635. The fourth-order valence-corrected chi connectivity index (χ4v) is 2.70. The highest BCUT2D eigenvalue weighted by molar-refractivity contribution is 5.79. The predicted molar refractivity (Wildman–Crippen MR) is 107 cm³/mol. The van der Waals surface area contributed by atoms with Crippen LogP contribution in [-0.4, -0.2) is 69.3 Å². The van der Waals surface area contributed by atoms with Crippen molar-refractivity contribution in [3.8, 4) is 5.75 Å². The van der Waals surface area contributed by atoms with Crippen LogP contribution >= 0.6 is 0 Å². The second-order valence-corrected chi connectivity index (χ2v) is 6.84. The maximum atomic E-state index is 12.6. The molecule has 1 aliphatic heterocycles. The Balaban J connectivity index is 1.67. The summed E-state index contributed by atoms with van der Waals surface area (Å²) in [6, 6.07) is 4.33. The monoisotopic (exact) mass is 433 g/mol. The van der Waals surface area contributed by atoms with Gasteiger partial charge < -0.3 is 30.0 Å². The van der Waals surface area contributed by atoms with E-state index >= 15 is 0 Å². The second kappa shape index (κ2) is 12.6. The van der Waals surface area contributed by atoms with Crippen LogP contribution in [0.2, 0.25) is 0 Å². The van der Waals surface area contributed by atoms with Gasteiger partial charge >= 0.3 is 6.18 Å². The molecule has 2 unspecified atom stereocenters. The van der Waals surface area contributed by atoms with E-state index in [2.05, 4.69) is 15.6 Å². The number of hydrogen-bond donors (Lipinski definition) is 3. The van der Waals surface area contributed by atoms with Crippen LogP contribution in [0.5, 0.6) is 5.75 Å². The normalized spacial score (nSPS) is 18.3. The zero-order chi connectivity index (χ0) is 21.8. The van der Waals surface area contributed by atoms with E-state index in [-0.39, 0.29) is 25.0 Å². The second-order valence-electron chi connectivity index (χ2n) is 6.84. The van der Waals surface area contributed by atoms with E-state index in [1.54, 1.807) is 0 Å². The van der Waals surface area contributed by atoms with Crippen molar-refractivity contribution in [3.63, 3.8) is 0 Å². The lowest BCUT2D eigenvalue weighted by atomic mass is 10.2. The number of aliphatic hydroxyl groups is 1. The van der Waals surface area contributed by atoms with Gasteiger partial charge in [0.15, 0.2) is 5.96 Å². The van der Waals surface area contributed by atoms with Gasteiger partial charge in [-0.25, -0.2) is 0 Å². The average molecular weight is 433 g/mol. The van der Waals surface area contributed by atoms with Crippen LogP contribution in [0, 0.1) is 0 Å². The topological polar surface area (TPSA) is 84.3 Å². The summed E-state index contributed by atoms with van der Waals surface area (Å²) in [6.45, 7) is 5.32. The fraction of sp³-hybridized carbons (Fsp3) is 0.650. The predicted octanol–water partition coefficient (Wildman–Crippen LogP) is 2.20. The summed E-state index contributed by atoms with van der Waals surface area (Å²) >= 11 is 0. The van der Waals surface area contributed by atoms with Gasteiger partial charge in [-0.3, -0.25) is 4.99 Å². The Morgan fingerprint density at radius 3 is 2.70 bits per heavy atom. The van der Waals surface area contributed by atoms with E-state index in [1.807, 2.05) is 6.92 Å². The Morgan fingerprint density at radius 2 is 2.07 bits per heavy atom. The van der Waals surface area contributed by atoms with Gasteiger partial charge in [0.25, 0.3) is 0 Å². The molecule has 30 heavy (non-hydrogen) atoms. The summed E-state index contributed by atoms with van der Waals surface area (Å²) in [5.74, 6) is 0.819. The first-order valence-electron chi connectivity index (χ1n) is 10.1. The molecule has 0 spiro atoms. The van der Waals surface area contributed by atoms with Crippen LogP contribution in [0.1, 0.15) is 25.3 Å². The van der Waals surface area contributed by atoms with Crippen LogP contribution in [-0.2, 0) is 15.7 Å². The molecular formula is C20H30F3N3O4. The highest BCUT2D eigenvalue weighted by Crippen LogP contribution is 2.30. The van der Waals surface area contributed by atoms with Crippen molar-refractivity contribution < 1.29 is 32.5 Å². The first-order chi connectivity index (χ1) is 14.4. The Morgan fingerprint density at radius 1 is 1.30 bits per heavy atom. The van der Waals surface area contributed by atoms with Crippen molar-refractivity contribution in [1.82, 2.24) is 10.6 Å². The molecule has 7 nitrogen and oxygen atoms in total. The number of guanidine groups is 1. The van der Waals surface area contributed by atoms with Gasteiger partial charge in [-0.15, -0.1) is 0 Å². The van der Waals surface area contributed by atoms with E-state index in [9.17, 15) is 18.3 Å². The van der Waals surface area contributed by atoms with Crippen LogP contribution < -0.4 is 15.4 Å². The first-order valence-corrected chi connectivity index (χ1v) is 10.1. The summed E-state index contributed by atoms with van der Waals surface area (Å²) < 4.78 is 54.0. The van der Waals surface area contributed by atoms with Gasteiger partial charge in [-0.05, 0) is 44.0 Å². The van der Waals surface area contributed by atoms with Crippen molar-refractivity contribution in [3.05, 3.63) is 29.8 Å². The zero-order valence-corrected chi connectivity index (χ0v) is 17.1. The number of ether oxygens (including phenoxy) is 3. The highest BCUT2D eigenvalue weighted by Gasteiger charge is 2.30. The van der Waals surface area contributed by atoms with Crippen molar-refractivity contribution in [1.29, 1.82) is 0 Å². The third kappa shape index (κ3) is 9.19. The molecule has 1 heterocycles. The SMILES string of the molecule is CCNC(=NCC(O)COc1ccc(C(F)(F)F)cc1)NCCCOC1CCOC1. The number of rotatable bonds is 11. The maximum Gasteiger partial charge on any atom is 0.416 e. The van der Waals surface area contributed by atoms with Crippen molar-refractivity contribution in [2.75, 3.05) is 46.1 Å². The summed E-state index contributed by atoms with van der Waals surface area (Å²) in [7, 11) is 0. The Hall–Kier alpha value is -2.04. The zero-order valence-electron chi connectivity index (χ0n) is 17.1. The lowest BCUT2D eigenvalue weighted by Gasteiger charge is -2.15. The van der Waals surface area contributed by atoms with Gasteiger partial charge in [0.2, 0.25) is 0 Å². The van der Waals surface area contributed by atoms with Crippen molar-refractivity contribution in [2.24, 2.45) is 4.99 Å². The molecule has 1 saturated heterocycles. The molecular weight excluding hydrogens is 403 g/mol. The summed E-state index contributed by atoms with van der Waals surface area (Å²) in [5, 5.41) is 16.3. The van der Waals surface area contributed by atoms with Gasteiger partial charge in [0.1, 0.15) is 18.5 Å². The van der Waals surface area contributed by atoms with Crippen molar-refractivity contribution >= 4 is 5.96 Å². The van der Waals surface area contributed by atoms with Gasteiger partial charge in [0.05, 0.1) is 24.8 Å². The maximum absolute atomic E-state index is 12.6. The molecule has 0 aliphatic carbocycles. The molecule has 0 aromatic heterocycles. The van der Waals surface area contributed by atoms with E-state index in [0.29, 0.717) is 32.3 Å². The largest absolute Gasteiger partial charge is 0.491 e. The highest BCUT2D eigenvalue weighted by atomic mass is 19.4. The number of aliphatic imine (C=N–C) groups is 1. The number of nitrogens with zero attached hydrogens (tertiary/aromatic N) is 1. The van der Waals surface area contributed by atoms with Gasteiger partial charge in [0, 0.05) is 26.3 Å². The molecule has 1 aliphatic rings. The molecule has 10 heteroatoms. The van der Waals surface area contributed by atoms with Crippen LogP contribution in [0.3, 0.4) is 0 Å². The molecule has 3 N–H and O–H groups in total. The van der Waals surface area contributed by atoms with E-state index in [4.69, 9.17) is 14.2 Å². The molecule has 1 aromatic rings. The minimum atomic E-state index is -4.39. The Labute approximate surface area is 174 Å². The Kier molecular flexibility index (Phi) is 10.2. The summed E-state index contributed by atoms with van der Waals surface area (Å²) in [6.07, 6.45) is -3.36. The van der Waals surface area contributed by atoms with Gasteiger partial charge in [-0.2, -0.15) is 13.2 Å². The van der Waals surface area contributed by atoms with Crippen molar-refractivity contribution in [2.45, 2.75) is 38.1 Å². The minimum absolute atomic E-state index is 0.0778. The quantitative estimate of drug-likeness (QED) is 0.282. The van der Waals surface area contributed by atoms with E-state index < -0.39 is 17.8 Å². The molecule has 0 saturated carbocycles. The van der Waals surface area contributed by atoms with Gasteiger partial charge in [-0.1, -0.05) is 0 Å². The average Bonchev–Trinajstić information content (AvgIpc) is 3.23. The smallest absolute Gasteiger partial charge is 0.416 e. The molecule has 2 rings (SSSR count). The van der Waals surface area contributed by atoms with Crippen LogP contribution in [0.25, 0.3) is 0 Å². The first kappa shape index (κ1) is 24.2. The van der Waals surface area contributed by atoms with Crippen LogP contribution in [0.15, 0.2) is 29.3 Å². The fourth-order valence-electron chi connectivity index (χ4n) is 2.70. The molecule has 0 bridgehead atoms. The number of alkyl halides is 3. The number of benzene rings is 1. The van der Waals surface area contributed by atoms with E-state index in [0.717, 1.165) is 31.6 Å². The molecule has 1 aromatic carbocycles. The number of hydrogen-bond acceptors (Lipinski definition) is 5. The summed E-state index contributed by atoms with van der Waals surface area (Å²) in [4.78, 5) is 4.30. The standard InChI is InChI=1S/C20H30F3N3O4/c1-2-24-19(25-9-3-10-29-18-8-11-28-14-18)26-12-16(27)13-30-17-6-4-15(5-7-17)20(21,22)23/h4-7,16,18,27H,2-3,8-14H2,1H3,(H2,24,25,26). The van der Waals surface area contributed by atoms with E-state index in [1.165, 1.54) is 12.1 Å². The number of halogens is 3. The molecule has 1 fully saturated rings. The summed E-state index contributed by atoms with van der Waals surface area (Å²) in [5.41, 5.74) is -0.747. The molecule has 2 atom stereocenters. The number of aliphatic hydroxyl groups excluding tert-OH is 1. The minimum Gasteiger partial charge on any atom is -0.491 e. The molecule has 0 amide bonds. The number of nitrogens with one attached hydrogen (secondary N) is 2. The third-order valence-corrected chi connectivity index (χ3v) is 4.28. The third-order valence-electron chi connectivity index (χ3n) is 4.28. The molecule has 0 radical (unpaired) electrons.